The van der Waals surface area contributed by atoms with E-state index in [-0.39, 0.29) is 35.8 Å². The lowest BCUT2D eigenvalue weighted by Crippen LogP contribution is -2.34. The fourth-order valence-corrected chi connectivity index (χ4v) is 5.12. The Bertz CT molecular complexity index is 680. The number of nitrogens with zero attached hydrogens (tertiary/aromatic N) is 2. The van der Waals surface area contributed by atoms with Crippen LogP contribution in [-0.4, -0.2) is 36.8 Å². The second-order valence-electron chi connectivity index (χ2n) is 6.16. The highest BCUT2D eigenvalue weighted by Crippen LogP contribution is 2.38. The molecular formula is C14H20ClN3O4S. The third-order valence-electron chi connectivity index (χ3n) is 4.77. The monoisotopic (exact) mass is 361 g/mol. The van der Waals surface area contributed by atoms with Crippen molar-refractivity contribution in [2.45, 2.75) is 24.6 Å². The van der Waals surface area contributed by atoms with Crippen LogP contribution < -0.4 is 5.73 Å². The molecule has 0 bridgehead atoms. The topological polar surface area (TPSA) is 107 Å². The van der Waals surface area contributed by atoms with E-state index in [1.54, 1.807) is 0 Å². The molecule has 1 saturated heterocycles. The molecule has 0 aromatic heterocycles. The number of hydrogen-bond donors (Lipinski definition) is 1. The third kappa shape index (κ3) is 3.65. The van der Waals surface area contributed by atoms with Crippen molar-refractivity contribution in [2.24, 2.45) is 17.6 Å². The van der Waals surface area contributed by atoms with Crippen LogP contribution in [0.1, 0.15) is 18.4 Å². The maximum atomic E-state index is 12.5. The number of non-ortho nitro benzene ring substituents is 1. The van der Waals surface area contributed by atoms with Gasteiger partial charge in [-0.1, -0.05) is 12.1 Å². The van der Waals surface area contributed by atoms with E-state index >= 15 is 0 Å². The van der Waals surface area contributed by atoms with Crippen LogP contribution in [0, 0.1) is 22.0 Å². The summed E-state index contributed by atoms with van der Waals surface area (Å²) in [5.74, 6) is 0.521. The van der Waals surface area contributed by atoms with E-state index in [1.165, 1.54) is 28.6 Å². The molecule has 1 aromatic carbocycles. The summed E-state index contributed by atoms with van der Waals surface area (Å²) in [7, 11) is -3.40. The van der Waals surface area contributed by atoms with Gasteiger partial charge in [0.15, 0.2) is 0 Å². The lowest BCUT2D eigenvalue weighted by molar-refractivity contribution is -0.384. The highest BCUT2D eigenvalue weighted by atomic mass is 35.5. The van der Waals surface area contributed by atoms with E-state index in [9.17, 15) is 18.5 Å². The first-order chi connectivity index (χ1) is 10.4. The van der Waals surface area contributed by atoms with Crippen molar-refractivity contribution in [3.8, 4) is 0 Å². The fourth-order valence-electron chi connectivity index (χ4n) is 3.51. The van der Waals surface area contributed by atoms with Crippen molar-refractivity contribution in [1.29, 1.82) is 0 Å². The van der Waals surface area contributed by atoms with Gasteiger partial charge in [0.05, 0.1) is 10.7 Å². The molecule has 128 valence electrons. The number of nitro benzene ring substituents is 1. The second kappa shape index (κ2) is 6.72. The van der Waals surface area contributed by atoms with Crippen molar-refractivity contribution in [2.75, 3.05) is 13.1 Å². The summed E-state index contributed by atoms with van der Waals surface area (Å²) in [6, 6.07) is 5.76. The number of fused-ring (bicyclic) bond motifs is 1. The van der Waals surface area contributed by atoms with Crippen LogP contribution >= 0.6 is 12.4 Å². The number of benzene rings is 1. The van der Waals surface area contributed by atoms with Gasteiger partial charge in [-0.25, -0.2) is 12.7 Å². The molecule has 2 aliphatic rings. The molecule has 1 aromatic rings. The summed E-state index contributed by atoms with van der Waals surface area (Å²) >= 11 is 0. The van der Waals surface area contributed by atoms with E-state index in [1.807, 2.05) is 0 Å². The highest BCUT2D eigenvalue weighted by Gasteiger charge is 2.44. The molecule has 23 heavy (non-hydrogen) atoms. The molecule has 2 fully saturated rings. The molecule has 1 aliphatic heterocycles. The molecule has 0 amide bonds. The molecule has 7 nitrogen and oxygen atoms in total. The molecule has 9 heteroatoms. The van der Waals surface area contributed by atoms with Gasteiger partial charge in [0, 0.05) is 31.3 Å². The van der Waals surface area contributed by atoms with Crippen molar-refractivity contribution in [3.05, 3.63) is 39.9 Å². The zero-order chi connectivity index (χ0) is 15.9. The lowest BCUT2D eigenvalue weighted by atomic mass is 9.98. The minimum absolute atomic E-state index is 0. The molecule has 3 unspecified atom stereocenters. The van der Waals surface area contributed by atoms with Crippen molar-refractivity contribution in [1.82, 2.24) is 4.31 Å². The zero-order valence-electron chi connectivity index (χ0n) is 12.5. The Labute approximate surface area is 141 Å². The summed E-state index contributed by atoms with van der Waals surface area (Å²) in [5, 5.41) is 10.6. The van der Waals surface area contributed by atoms with Crippen molar-refractivity contribution < 1.29 is 13.3 Å². The minimum atomic E-state index is -3.40. The smallest absolute Gasteiger partial charge is 0.269 e. The summed E-state index contributed by atoms with van der Waals surface area (Å²) in [4.78, 5) is 10.1. The maximum absolute atomic E-state index is 12.5. The van der Waals surface area contributed by atoms with Crippen LogP contribution in [0.5, 0.6) is 0 Å². The summed E-state index contributed by atoms with van der Waals surface area (Å²) < 4.78 is 26.6. The molecule has 3 rings (SSSR count). The number of rotatable bonds is 4. The van der Waals surface area contributed by atoms with E-state index in [0.717, 1.165) is 12.8 Å². The Morgan fingerprint density at radius 2 is 1.87 bits per heavy atom. The van der Waals surface area contributed by atoms with Crippen molar-refractivity contribution in [3.63, 3.8) is 0 Å². The largest absolute Gasteiger partial charge is 0.327 e. The predicted octanol–water partition coefficient (Wildman–Crippen LogP) is 1.52. The molecular weight excluding hydrogens is 342 g/mol. The van der Waals surface area contributed by atoms with Gasteiger partial charge < -0.3 is 5.73 Å². The normalized spacial score (nSPS) is 27.4. The standard InChI is InChI=1S/C14H19N3O4S.ClH/c15-14-6-3-11-7-16(8-13(11)14)22(20,21)9-10-1-4-12(5-2-10)17(18)19;/h1-2,4-5,11,13-14H,3,6-9,15H2;1H. The van der Waals surface area contributed by atoms with Gasteiger partial charge in [-0.3, -0.25) is 10.1 Å². The van der Waals surface area contributed by atoms with Crippen LogP contribution in [-0.2, 0) is 15.8 Å². The van der Waals surface area contributed by atoms with E-state index in [4.69, 9.17) is 5.73 Å². The average Bonchev–Trinajstić information content (AvgIpc) is 3.02. The van der Waals surface area contributed by atoms with Crippen LogP contribution in [0.15, 0.2) is 24.3 Å². The van der Waals surface area contributed by atoms with E-state index < -0.39 is 14.9 Å². The van der Waals surface area contributed by atoms with Gasteiger partial charge in [-0.2, -0.15) is 0 Å². The Kier molecular flexibility index (Phi) is 5.30. The molecule has 0 radical (unpaired) electrons. The SMILES string of the molecule is Cl.NC1CCC2CN(S(=O)(=O)Cc3ccc([N+](=O)[O-])cc3)CC12. The first-order valence-corrected chi connectivity index (χ1v) is 8.94. The fraction of sp³-hybridized carbons (Fsp3) is 0.571. The first kappa shape index (κ1) is 18.1. The molecule has 0 spiro atoms. The highest BCUT2D eigenvalue weighted by molar-refractivity contribution is 7.88. The van der Waals surface area contributed by atoms with Gasteiger partial charge >= 0.3 is 0 Å². The molecule has 1 heterocycles. The van der Waals surface area contributed by atoms with E-state index in [2.05, 4.69) is 0 Å². The summed E-state index contributed by atoms with van der Waals surface area (Å²) in [6.45, 7) is 1.05. The van der Waals surface area contributed by atoms with Gasteiger partial charge in [-0.05, 0) is 30.2 Å². The first-order valence-electron chi connectivity index (χ1n) is 7.33. The molecule has 3 atom stereocenters. The Balaban J connectivity index is 0.00000192. The molecule has 2 N–H and O–H groups in total. The van der Waals surface area contributed by atoms with Crippen molar-refractivity contribution >= 4 is 28.1 Å². The Morgan fingerprint density at radius 3 is 2.43 bits per heavy atom. The van der Waals surface area contributed by atoms with E-state index in [0.29, 0.717) is 24.6 Å². The van der Waals surface area contributed by atoms with Gasteiger partial charge in [0.2, 0.25) is 10.0 Å². The van der Waals surface area contributed by atoms with Crippen LogP contribution in [0.3, 0.4) is 0 Å². The summed E-state index contributed by atoms with van der Waals surface area (Å²) in [6.07, 6.45) is 1.97. The minimum Gasteiger partial charge on any atom is -0.327 e. The summed E-state index contributed by atoms with van der Waals surface area (Å²) in [5.41, 5.74) is 6.56. The Hall–Kier alpha value is -1.22. The van der Waals surface area contributed by atoms with Gasteiger partial charge in [0.1, 0.15) is 0 Å². The average molecular weight is 362 g/mol. The molecule has 1 aliphatic carbocycles. The van der Waals surface area contributed by atoms with Gasteiger partial charge in [0.25, 0.3) is 5.69 Å². The van der Waals surface area contributed by atoms with Gasteiger partial charge in [-0.15, -0.1) is 12.4 Å². The second-order valence-corrected chi connectivity index (χ2v) is 8.13. The number of hydrogen-bond acceptors (Lipinski definition) is 5. The lowest BCUT2D eigenvalue weighted by Gasteiger charge is -2.18. The molecule has 1 saturated carbocycles. The third-order valence-corrected chi connectivity index (χ3v) is 6.55. The van der Waals surface area contributed by atoms with Crippen LogP contribution in [0.25, 0.3) is 0 Å². The Morgan fingerprint density at radius 1 is 1.22 bits per heavy atom. The van der Waals surface area contributed by atoms with Crippen LogP contribution in [0.2, 0.25) is 0 Å². The van der Waals surface area contributed by atoms with Crippen LogP contribution in [0.4, 0.5) is 5.69 Å². The predicted molar refractivity (Wildman–Crippen MR) is 88.7 cm³/mol. The maximum Gasteiger partial charge on any atom is 0.269 e. The number of halogens is 1. The number of nitrogens with two attached hydrogens (primary N) is 1. The number of sulfonamides is 1. The zero-order valence-corrected chi connectivity index (χ0v) is 14.1. The number of nitro groups is 1. The quantitative estimate of drug-likeness (QED) is 0.646.